The third-order valence-corrected chi connectivity index (χ3v) is 7.21. The molecule has 2 heterocycles. The third-order valence-electron chi connectivity index (χ3n) is 6.69. The first-order chi connectivity index (χ1) is 16.5. The summed E-state index contributed by atoms with van der Waals surface area (Å²) in [5.74, 6) is 1.08. The van der Waals surface area contributed by atoms with Crippen molar-refractivity contribution >= 4 is 38.6 Å². The molecule has 1 N–H and O–H groups in total. The number of hydrogen-bond acceptors (Lipinski definition) is 3. The molecule has 0 saturated carbocycles. The van der Waals surface area contributed by atoms with Crippen LogP contribution in [0.5, 0.6) is 0 Å². The number of nitrogens with one attached hydrogen (secondary N) is 1. The van der Waals surface area contributed by atoms with E-state index in [1.807, 2.05) is 38.1 Å². The summed E-state index contributed by atoms with van der Waals surface area (Å²) >= 11 is 3.54. The zero-order valence-electron chi connectivity index (χ0n) is 19.6. The van der Waals surface area contributed by atoms with Gasteiger partial charge in [-0.15, -0.1) is 0 Å². The zero-order chi connectivity index (χ0) is 23.7. The van der Waals surface area contributed by atoms with Gasteiger partial charge in [0, 0.05) is 22.4 Å². The van der Waals surface area contributed by atoms with E-state index in [9.17, 15) is 4.79 Å². The van der Waals surface area contributed by atoms with Crippen LogP contribution in [0, 0.1) is 19.8 Å². The summed E-state index contributed by atoms with van der Waals surface area (Å²) in [5, 5.41) is 3.21. The Hall–Kier alpha value is -2.96. The van der Waals surface area contributed by atoms with Gasteiger partial charge in [-0.1, -0.05) is 46.3 Å². The SMILES string of the molecule is Cc1cccc(C)c1NC(=O)[C@@H]1CCCN(Cc2nc3ccccc3n2-c2ccc(Br)cc2)C1. The zero-order valence-corrected chi connectivity index (χ0v) is 21.2. The number of benzene rings is 3. The Morgan fingerprint density at radius 3 is 2.53 bits per heavy atom. The molecule has 34 heavy (non-hydrogen) atoms. The Balaban J connectivity index is 1.37. The number of imidazole rings is 1. The maximum absolute atomic E-state index is 13.2. The number of aromatic nitrogens is 2. The highest BCUT2D eigenvalue weighted by atomic mass is 79.9. The Labute approximate surface area is 208 Å². The lowest BCUT2D eigenvalue weighted by atomic mass is 9.96. The van der Waals surface area contributed by atoms with E-state index in [0.717, 1.165) is 69.8 Å². The predicted octanol–water partition coefficient (Wildman–Crippen LogP) is 6.26. The lowest BCUT2D eigenvalue weighted by Crippen LogP contribution is -2.40. The summed E-state index contributed by atoms with van der Waals surface area (Å²) in [4.78, 5) is 20.5. The Morgan fingerprint density at radius 1 is 1.03 bits per heavy atom. The molecule has 1 aliphatic heterocycles. The van der Waals surface area contributed by atoms with E-state index in [1.54, 1.807) is 0 Å². The highest BCUT2D eigenvalue weighted by Gasteiger charge is 2.27. The number of carbonyl (C=O) groups is 1. The molecule has 5 rings (SSSR count). The number of hydrogen-bond donors (Lipinski definition) is 1. The van der Waals surface area contributed by atoms with Crippen LogP contribution >= 0.6 is 15.9 Å². The van der Waals surface area contributed by atoms with Gasteiger partial charge in [0.1, 0.15) is 5.82 Å². The maximum atomic E-state index is 13.2. The van der Waals surface area contributed by atoms with Crippen molar-refractivity contribution < 1.29 is 4.79 Å². The topological polar surface area (TPSA) is 50.2 Å². The van der Waals surface area contributed by atoms with Crippen molar-refractivity contribution in [2.75, 3.05) is 18.4 Å². The normalized spacial score (nSPS) is 16.6. The minimum atomic E-state index is -0.0294. The van der Waals surface area contributed by atoms with Crippen LogP contribution < -0.4 is 5.32 Å². The standard InChI is InChI=1S/C28H29BrN4O/c1-19-7-5-8-20(2)27(19)31-28(34)21-9-6-16-32(17-21)18-26-30-24-10-3-4-11-25(24)33(26)23-14-12-22(29)13-15-23/h3-5,7-8,10-15,21H,6,9,16-18H2,1-2H3,(H,31,34)/t21-/m1/s1. The van der Waals surface area contributed by atoms with E-state index in [1.165, 1.54) is 0 Å². The smallest absolute Gasteiger partial charge is 0.228 e. The van der Waals surface area contributed by atoms with E-state index in [-0.39, 0.29) is 11.8 Å². The molecule has 6 heteroatoms. The molecule has 0 bridgehead atoms. The van der Waals surface area contributed by atoms with Crippen LogP contribution in [0.25, 0.3) is 16.7 Å². The van der Waals surface area contributed by atoms with Crippen LogP contribution in [0.3, 0.4) is 0 Å². The van der Waals surface area contributed by atoms with Gasteiger partial charge in [0.25, 0.3) is 0 Å². The van der Waals surface area contributed by atoms with E-state index in [4.69, 9.17) is 4.98 Å². The van der Waals surface area contributed by atoms with Crippen LogP contribution in [0.15, 0.2) is 71.2 Å². The lowest BCUT2D eigenvalue weighted by Gasteiger charge is -2.32. The van der Waals surface area contributed by atoms with E-state index < -0.39 is 0 Å². The van der Waals surface area contributed by atoms with Crippen molar-refractivity contribution in [1.82, 2.24) is 14.5 Å². The molecule has 3 aromatic carbocycles. The van der Waals surface area contributed by atoms with Crippen molar-refractivity contribution in [2.45, 2.75) is 33.2 Å². The van der Waals surface area contributed by atoms with Crippen LogP contribution in [0.4, 0.5) is 5.69 Å². The number of carbonyl (C=O) groups excluding carboxylic acids is 1. The summed E-state index contributed by atoms with van der Waals surface area (Å²) in [5.41, 5.74) is 6.33. The number of likely N-dealkylation sites (tertiary alicyclic amines) is 1. The molecule has 4 aromatic rings. The third kappa shape index (κ3) is 4.65. The first kappa shape index (κ1) is 22.8. The average Bonchev–Trinajstić information content (AvgIpc) is 3.20. The number of nitrogens with zero attached hydrogens (tertiary/aromatic N) is 3. The van der Waals surface area contributed by atoms with Crippen molar-refractivity contribution in [3.8, 4) is 5.69 Å². The fraction of sp³-hybridized carbons (Fsp3) is 0.286. The Bertz CT molecular complexity index is 1310. The molecule has 0 spiro atoms. The van der Waals surface area contributed by atoms with Crippen molar-refractivity contribution in [1.29, 1.82) is 0 Å². The number of halogens is 1. The molecule has 1 amide bonds. The minimum absolute atomic E-state index is 0.0294. The molecule has 174 valence electrons. The van der Waals surface area contributed by atoms with Gasteiger partial charge in [-0.2, -0.15) is 0 Å². The van der Waals surface area contributed by atoms with Gasteiger partial charge in [0.05, 0.1) is 23.5 Å². The highest BCUT2D eigenvalue weighted by Crippen LogP contribution is 2.27. The van der Waals surface area contributed by atoms with Crippen LogP contribution in [0.2, 0.25) is 0 Å². The first-order valence-electron chi connectivity index (χ1n) is 11.8. The van der Waals surface area contributed by atoms with Crippen molar-refractivity contribution in [3.63, 3.8) is 0 Å². The summed E-state index contributed by atoms with van der Waals surface area (Å²) in [6, 6.07) is 22.7. The van der Waals surface area contributed by atoms with Gasteiger partial charge >= 0.3 is 0 Å². The van der Waals surface area contributed by atoms with Gasteiger partial charge in [-0.05, 0) is 80.8 Å². The van der Waals surface area contributed by atoms with Gasteiger partial charge in [0.15, 0.2) is 0 Å². The Morgan fingerprint density at radius 2 is 1.76 bits per heavy atom. The second-order valence-electron chi connectivity index (χ2n) is 9.16. The molecule has 1 aliphatic rings. The largest absolute Gasteiger partial charge is 0.325 e. The average molecular weight is 517 g/mol. The molecule has 1 atom stereocenters. The molecular weight excluding hydrogens is 488 g/mol. The predicted molar refractivity (Wildman–Crippen MR) is 141 cm³/mol. The van der Waals surface area contributed by atoms with Gasteiger partial charge in [-0.3, -0.25) is 14.3 Å². The minimum Gasteiger partial charge on any atom is -0.325 e. The fourth-order valence-electron chi connectivity index (χ4n) is 4.91. The fourth-order valence-corrected chi connectivity index (χ4v) is 5.17. The summed E-state index contributed by atoms with van der Waals surface area (Å²) in [6.07, 6.45) is 1.92. The molecule has 1 aromatic heterocycles. The first-order valence-corrected chi connectivity index (χ1v) is 12.6. The summed E-state index contributed by atoms with van der Waals surface area (Å²) in [7, 11) is 0. The summed E-state index contributed by atoms with van der Waals surface area (Å²) < 4.78 is 3.29. The number of aryl methyl sites for hydroxylation is 2. The number of piperidine rings is 1. The van der Waals surface area contributed by atoms with Crippen molar-refractivity contribution in [2.24, 2.45) is 5.92 Å². The van der Waals surface area contributed by atoms with Crippen molar-refractivity contribution in [3.05, 3.63) is 88.2 Å². The monoisotopic (exact) mass is 516 g/mol. The molecule has 5 nitrogen and oxygen atoms in total. The maximum Gasteiger partial charge on any atom is 0.228 e. The number of para-hydroxylation sites is 3. The number of rotatable bonds is 5. The molecule has 0 aliphatic carbocycles. The second-order valence-corrected chi connectivity index (χ2v) is 10.1. The quantitative estimate of drug-likeness (QED) is 0.340. The number of fused-ring (bicyclic) bond motifs is 1. The molecule has 1 saturated heterocycles. The van der Waals surface area contributed by atoms with Gasteiger partial charge < -0.3 is 5.32 Å². The molecular formula is C28H29BrN4O. The lowest BCUT2D eigenvalue weighted by molar-refractivity contribution is -0.121. The second kappa shape index (κ2) is 9.72. The van der Waals surface area contributed by atoms with E-state index >= 15 is 0 Å². The van der Waals surface area contributed by atoms with Crippen LogP contribution in [-0.2, 0) is 11.3 Å². The summed E-state index contributed by atoms with van der Waals surface area (Å²) in [6.45, 7) is 6.50. The Kier molecular flexibility index (Phi) is 6.53. The van der Waals surface area contributed by atoms with Crippen LogP contribution in [0.1, 0.15) is 29.8 Å². The highest BCUT2D eigenvalue weighted by molar-refractivity contribution is 9.10. The van der Waals surface area contributed by atoms with Gasteiger partial charge in [0.2, 0.25) is 5.91 Å². The van der Waals surface area contributed by atoms with Gasteiger partial charge in [-0.25, -0.2) is 4.98 Å². The van der Waals surface area contributed by atoms with E-state index in [0.29, 0.717) is 6.54 Å². The van der Waals surface area contributed by atoms with Crippen LogP contribution in [-0.4, -0.2) is 33.4 Å². The molecule has 0 radical (unpaired) electrons. The number of amides is 1. The molecule has 1 fully saturated rings. The number of anilines is 1. The molecule has 0 unspecified atom stereocenters. The van der Waals surface area contributed by atoms with E-state index in [2.05, 4.69) is 73.2 Å².